The number of nitriles is 1. The average Bonchev–Trinajstić information content (AvgIpc) is 2.34. The molecule has 0 spiro atoms. The molecule has 1 heterocycles. The van der Waals surface area contributed by atoms with Crippen molar-refractivity contribution in [2.75, 3.05) is 5.32 Å². The van der Waals surface area contributed by atoms with E-state index in [-0.39, 0.29) is 0 Å². The highest BCUT2D eigenvalue weighted by Crippen LogP contribution is 2.27. The lowest BCUT2D eigenvalue weighted by atomic mass is 10.1. The van der Waals surface area contributed by atoms with Gasteiger partial charge < -0.3 is 5.32 Å². The fraction of sp³-hybridized carbons (Fsp3) is 0.143. The number of nitrogens with zero attached hydrogens (tertiary/aromatic N) is 2. The first-order valence-electron chi connectivity index (χ1n) is 5.50. The molecule has 0 aliphatic rings. The molecule has 2 rings (SSSR count). The van der Waals surface area contributed by atoms with Crippen LogP contribution in [0, 0.1) is 25.2 Å². The zero-order valence-corrected chi connectivity index (χ0v) is 11.7. The Balaban J connectivity index is 2.31. The van der Waals surface area contributed by atoms with E-state index in [4.69, 9.17) is 5.26 Å². The van der Waals surface area contributed by atoms with Crippen molar-refractivity contribution < 1.29 is 0 Å². The maximum atomic E-state index is 8.70. The van der Waals surface area contributed by atoms with Crippen molar-refractivity contribution in [3.63, 3.8) is 0 Å². The standard InChI is InChI=1S/C14H12BrN3/c1-9-5-11(15)6-10(2)14(9)18-13-4-3-12(7-16)17-8-13/h3-6,8,18H,1-2H3. The van der Waals surface area contributed by atoms with Crippen molar-refractivity contribution in [3.8, 4) is 6.07 Å². The SMILES string of the molecule is Cc1cc(Br)cc(C)c1Nc1ccc(C#N)nc1. The van der Waals surface area contributed by atoms with Crippen LogP contribution in [0.2, 0.25) is 0 Å². The second-order valence-electron chi connectivity index (χ2n) is 4.08. The van der Waals surface area contributed by atoms with Gasteiger partial charge in [0, 0.05) is 10.2 Å². The smallest absolute Gasteiger partial charge is 0.140 e. The van der Waals surface area contributed by atoms with Crippen molar-refractivity contribution in [1.29, 1.82) is 5.26 Å². The zero-order chi connectivity index (χ0) is 13.1. The highest BCUT2D eigenvalue weighted by atomic mass is 79.9. The molecule has 0 amide bonds. The van der Waals surface area contributed by atoms with Gasteiger partial charge >= 0.3 is 0 Å². The molecule has 1 aromatic carbocycles. The predicted octanol–water partition coefficient (Wildman–Crippen LogP) is 4.08. The Morgan fingerprint density at radius 1 is 1.22 bits per heavy atom. The van der Waals surface area contributed by atoms with Gasteiger partial charge in [0.2, 0.25) is 0 Å². The second-order valence-corrected chi connectivity index (χ2v) is 5.00. The van der Waals surface area contributed by atoms with Gasteiger partial charge in [-0.1, -0.05) is 15.9 Å². The number of aromatic nitrogens is 1. The summed E-state index contributed by atoms with van der Waals surface area (Å²) in [7, 11) is 0. The average molecular weight is 302 g/mol. The molecule has 0 aliphatic heterocycles. The highest BCUT2D eigenvalue weighted by Gasteiger charge is 2.05. The first kappa shape index (κ1) is 12.6. The van der Waals surface area contributed by atoms with Gasteiger partial charge in [0.1, 0.15) is 11.8 Å². The van der Waals surface area contributed by atoms with Gasteiger partial charge in [-0.2, -0.15) is 5.26 Å². The second kappa shape index (κ2) is 5.19. The van der Waals surface area contributed by atoms with Crippen molar-refractivity contribution in [2.24, 2.45) is 0 Å². The third-order valence-corrected chi connectivity index (χ3v) is 3.10. The lowest BCUT2D eigenvalue weighted by molar-refractivity contribution is 1.25. The van der Waals surface area contributed by atoms with E-state index in [1.807, 2.05) is 12.1 Å². The molecular formula is C14H12BrN3. The van der Waals surface area contributed by atoms with Gasteiger partial charge in [-0.3, -0.25) is 0 Å². The Labute approximate surface area is 115 Å². The molecule has 4 heteroatoms. The van der Waals surface area contributed by atoms with Gasteiger partial charge in [0.25, 0.3) is 0 Å². The third-order valence-electron chi connectivity index (χ3n) is 2.64. The minimum atomic E-state index is 0.421. The van der Waals surface area contributed by atoms with E-state index < -0.39 is 0 Å². The Morgan fingerprint density at radius 2 is 1.89 bits per heavy atom. The molecule has 0 fully saturated rings. The minimum absolute atomic E-state index is 0.421. The molecule has 0 unspecified atom stereocenters. The van der Waals surface area contributed by atoms with E-state index in [1.165, 1.54) is 0 Å². The van der Waals surface area contributed by atoms with Crippen LogP contribution in [-0.2, 0) is 0 Å². The summed E-state index contributed by atoms with van der Waals surface area (Å²) in [6, 6.07) is 9.68. The number of hydrogen-bond acceptors (Lipinski definition) is 3. The van der Waals surface area contributed by atoms with Crippen LogP contribution < -0.4 is 5.32 Å². The maximum Gasteiger partial charge on any atom is 0.140 e. The highest BCUT2D eigenvalue weighted by molar-refractivity contribution is 9.10. The van der Waals surface area contributed by atoms with Crippen LogP contribution in [-0.4, -0.2) is 4.98 Å². The molecule has 2 aromatic rings. The molecule has 0 aliphatic carbocycles. The first-order chi connectivity index (χ1) is 8.60. The molecule has 0 atom stereocenters. The van der Waals surface area contributed by atoms with Crippen LogP contribution in [0.25, 0.3) is 0 Å². The lowest BCUT2D eigenvalue weighted by Gasteiger charge is -2.13. The molecule has 1 N–H and O–H groups in total. The largest absolute Gasteiger partial charge is 0.354 e. The fourth-order valence-electron chi connectivity index (χ4n) is 1.79. The van der Waals surface area contributed by atoms with Gasteiger partial charge in [0.05, 0.1) is 11.9 Å². The van der Waals surface area contributed by atoms with E-state index >= 15 is 0 Å². The Hall–Kier alpha value is -1.86. The van der Waals surface area contributed by atoms with Gasteiger partial charge in [0.15, 0.2) is 0 Å². The predicted molar refractivity (Wildman–Crippen MR) is 75.9 cm³/mol. The van der Waals surface area contributed by atoms with Crippen LogP contribution in [0.1, 0.15) is 16.8 Å². The van der Waals surface area contributed by atoms with Crippen molar-refractivity contribution >= 4 is 27.3 Å². The van der Waals surface area contributed by atoms with E-state index in [0.717, 1.165) is 27.0 Å². The topological polar surface area (TPSA) is 48.7 Å². The van der Waals surface area contributed by atoms with E-state index in [2.05, 4.69) is 52.2 Å². The summed E-state index contributed by atoms with van der Waals surface area (Å²) in [6.07, 6.45) is 1.67. The van der Waals surface area contributed by atoms with E-state index in [9.17, 15) is 0 Å². The van der Waals surface area contributed by atoms with Crippen LogP contribution in [0.3, 0.4) is 0 Å². The van der Waals surface area contributed by atoms with Crippen LogP contribution in [0.15, 0.2) is 34.9 Å². The number of halogens is 1. The quantitative estimate of drug-likeness (QED) is 0.909. The fourth-order valence-corrected chi connectivity index (χ4v) is 2.47. The molecule has 90 valence electrons. The number of benzene rings is 1. The lowest BCUT2D eigenvalue weighted by Crippen LogP contribution is -1.97. The Kier molecular flexibility index (Phi) is 3.63. The number of nitrogens with one attached hydrogen (secondary N) is 1. The molecule has 0 radical (unpaired) electrons. The monoisotopic (exact) mass is 301 g/mol. The molecule has 18 heavy (non-hydrogen) atoms. The van der Waals surface area contributed by atoms with Crippen LogP contribution in [0.4, 0.5) is 11.4 Å². The summed E-state index contributed by atoms with van der Waals surface area (Å²) in [4.78, 5) is 4.04. The summed E-state index contributed by atoms with van der Waals surface area (Å²) in [5.41, 5.74) is 4.69. The normalized spacial score (nSPS) is 9.89. The molecule has 3 nitrogen and oxygen atoms in total. The summed E-state index contributed by atoms with van der Waals surface area (Å²) >= 11 is 3.48. The summed E-state index contributed by atoms with van der Waals surface area (Å²) in [5, 5.41) is 12.0. The summed E-state index contributed by atoms with van der Waals surface area (Å²) in [5.74, 6) is 0. The zero-order valence-electron chi connectivity index (χ0n) is 10.2. The van der Waals surface area contributed by atoms with Crippen LogP contribution in [0.5, 0.6) is 0 Å². The molecule has 0 bridgehead atoms. The number of rotatable bonds is 2. The van der Waals surface area contributed by atoms with Gasteiger partial charge in [-0.15, -0.1) is 0 Å². The molecule has 1 aromatic heterocycles. The van der Waals surface area contributed by atoms with Gasteiger partial charge in [-0.25, -0.2) is 4.98 Å². The first-order valence-corrected chi connectivity index (χ1v) is 6.29. The van der Waals surface area contributed by atoms with Crippen molar-refractivity contribution in [3.05, 3.63) is 51.8 Å². The number of aryl methyl sites for hydroxylation is 2. The number of anilines is 2. The minimum Gasteiger partial charge on any atom is -0.354 e. The molecular weight excluding hydrogens is 290 g/mol. The van der Waals surface area contributed by atoms with Gasteiger partial charge in [-0.05, 0) is 49.2 Å². The number of pyridine rings is 1. The van der Waals surface area contributed by atoms with Crippen LogP contribution >= 0.6 is 15.9 Å². The Bertz CT molecular complexity index is 589. The molecule has 0 saturated carbocycles. The maximum absolute atomic E-state index is 8.70. The summed E-state index contributed by atoms with van der Waals surface area (Å²) in [6.45, 7) is 4.11. The molecule has 0 saturated heterocycles. The van der Waals surface area contributed by atoms with E-state index in [1.54, 1.807) is 12.3 Å². The number of hydrogen-bond donors (Lipinski definition) is 1. The van der Waals surface area contributed by atoms with Crippen molar-refractivity contribution in [2.45, 2.75) is 13.8 Å². The van der Waals surface area contributed by atoms with Crippen molar-refractivity contribution in [1.82, 2.24) is 4.98 Å². The third kappa shape index (κ3) is 2.69. The summed E-state index contributed by atoms with van der Waals surface area (Å²) < 4.78 is 1.07. The Morgan fingerprint density at radius 3 is 2.39 bits per heavy atom. The van der Waals surface area contributed by atoms with E-state index in [0.29, 0.717) is 5.69 Å².